The summed E-state index contributed by atoms with van der Waals surface area (Å²) in [6.07, 6.45) is 4.68. The first kappa shape index (κ1) is 14.2. The minimum absolute atomic E-state index is 0.145. The Bertz CT molecular complexity index is 604. The number of unbranched alkanes of at least 4 members (excludes halogenated alkanes) is 1. The van der Waals surface area contributed by atoms with E-state index < -0.39 is 0 Å². The number of fused-ring (bicyclic) bond motifs is 1. The Morgan fingerprint density at radius 3 is 3.00 bits per heavy atom. The van der Waals surface area contributed by atoms with Gasteiger partial charge in [0.05, 0.1) is 18.3 Å². The van der Waals surface area contributed by atoms with Crippen LogP contribution in [0.5, 0.6) is 0 Å². The molecule has 0 radical (unpaired) electrons. The molecule has 2 aromatic rings. The first-order valence-electron chi connectivity index (χ1n) is 6.81. The van der Waals surface area contributed by atoms with E-state index in [2.05, 4.69) is 5.10 Å². The van der Waals surface area contributed by atoms with Crippen LogP contribution in [-0.2, 0) is 16.1 Å². The Morgan fingerprint density at radius 2 is 2.25 bits per heavy atom. The van der Waals surface area contributed by atoms with Crippen molar-refractivity contribution in [1.29, 1.82) is 0 Å². The molecule has 0 aliphatic carbocycles. The van der Waals surface area contributed by atoms with Crippen LogP contribution in [0.25, 0.3) is 10.9 Å². The normalized spacial score (nSPS) is 10.7. The highest BCUT2D eigenvalue weighted by atomic mass is 16.5. The van der Waals surface area contributed by atoms with E-state index in [9.17, 15) is 9.59 Å². The van der Waals surface area contributed by atoms with Crippen LogP contribution in [0, 0.1) is 0 Å². The number of benzene rings is 1. The van der Waals surface area contributed by atoms with Gasteiger partial charge in [0.25, 0.3) is 0 Å². The summed E-state index contributed by atoms with van der Waals surface area (Å²) < 4.78 is 6.78. The van der Waals surface area contributed by atoms with Crippen molar-refractivity contribution in [3.8, 4) is 0 Å². The van der Waals surface area contributed by atoms with Gasteiger partial charge in [0.2, 0.25) is 0 Å². The molecule has 0 spiro atoms. The predicted molar refractivity (Wildman–Crippen MR) is 75.6 cm³/mol. The van der Waals surface area contributed by atoms with E-state index in [4.69, 9.17) is 4.74 Å². The van der Waals surface area contributed by atoms with Gasteiger partial charge in [-0.3, -0.25) is 14.3 Å². The largest absolute Gasteiger partial charge is 0.466 e. The SMILES string of the molecule is CCOC(=O)CCCCn1ncc2cc(C=O)ccc21. The maximum atomic E-state index is 11.2. The number of nitrogens with zero attached hydrogens (tertiary/aromatic N) is 2. The molecule has 106 valence electrons. The molecule has 0 aliphatic rings. The lowest BCUT2D eigenvalue weighted by atomic mass is 10.2. The Labute approximate surface area is 117 Å². The lowest BCUT2D eigenvalue weighted by molar-refractivity contribution is -0.143. The van der Waals surface area contributed by atoms with Crippen LogP contribution in [0.1, 0.15) is 36.5 Å². The second kappa shape index (κ2) is 6.84. The average molecular weight is 274 g/mol. The number of esters is 1. The van der Waals surface area contributed by atoms with E-state index in [0.717, 1.165) is 36.6 Å². The van der Waals surface area contributed by atoms with Gasteiger partial charge in [0.15, 0.2) is 0 Å². The Balaban J connectivity index is 1.90. The predicted octanol–water partition coefficient (Wildman–Crippen LogP) is 2.58. The summed E-state index contributed by atoms with van der Waals surface area (Å²) >= 11 is 0. The summed E-state index contributed by atoms with van der Waals surface area (Å²) in [7, 11) is 0. The van der Waals surface area contributed by atoms with Gasteiger partial charge in [-0.15, -0.1) is 0 Å². The second-order valence-electron chi connectivity index (χ2n) is 4.57. The van der Waals surface area contributed by atoms with E-state index in [1.165, 1.54) is 0 Å². The molecule has 1 aromatic heterocycles. The molecule has 0 aliphatic heterocycles. The van der Waals surface area contributed by atoms with E-state index >= 15 is 0 Å². The highest BCUT2D eigenvalue weighted by Crippen LogP contribution is 2.15. The van der Waals surface area contributed by atoms with Crippen molar-refractivity contribution in [2.45, 2.75) is 32.7 Å². The zero-order valence-electron chi connectivity index (χ0n) is 11.5. The summed E-state index contributed by atoms with van der Waals surface area (Å²) in [5, 5.41) is 5.27. The van der Waals surface area contributed by atoms with Gasteiger partial charge < -0.3 is 4.74 Å². The van der Waals surface area contributed by atoms with Gasteiger partial charge in [-0.05, 0) is 38.0 Å². The van der Waals surface area contributed by atoms with E-state index in [1.54, 1.807) is 19.2 Å². The first-order valence-corrected chi connectivity index (χ1v) is 6.81. The van der Waals surface area contributed by atoms with Crippen molar-refractivity contribution in [3.05, 3.63) is 30.0 Å². The van der Waals surface area contributed by atoms with Gasteiger partial charge in [0.1, 0.15) is 6.29 Å². The topological polar surface area (TPSA) is 61.2 Å². The summed E-state index contributed by atoms with van der Waals surface area (Å²) in [5.74, 6) is -0.145. The van der Waals surface area contributed by atoms with Crippen molar-refractivity contribution in [2.75, 3.05) is 6.61 Å². The molecule has 1 heterocycles. The van der Waals surface area contributed by atoms with Gasteiger partial charge in [-0.1, -0.05) is 0 Å². The van der Waals surface area contributed by atoms with Crippen LogP contribution in [0.3, 0.4) is 0 Å². The standard InChI is InChI=1S/C15H18N2O3/c1-2-20-15(19)5-3-4-8-17-14-7-6-12(11-18)9-13(14)10-16-17/h6-7,9-11H,2-5,8H2,1H3. The fraction of sp³-hybridized carbons (Fsp3) is 0.400. The number of aldehydes is 1. The molecule has 0 bridgehead atoms. The summed E-state index contributed by atoms with van der Waals surface area (Å²) in [4.78, 5) is 21.9. The van der Waals surface area contributed by atoms with Crippen LogP contribution in [0.15, 0.2) is 24.4 Å². The van der Waals surface area contributed by atoms with Crippen molar-refractivity contribution >= 4 is 23.2 Å². The first-order chi connectivity index (χ1) is 9.74. The zero-order valence-corrected chi connectivity index (χ0v) is 11.5. The third-order valence-electron chi connectivity index (χ3n) is 3.11. The van der Waals surface area contributed by atoms with Gasteiger partial charge in [-0.25, -0.2) is 0 Å². The fourth-order valence-electron chi connectivity index (χ4n) is 2.12. The van der Waals surface area contributed by atoms with E-state index in [-0.39, 0.29) is 5.97 Å². The molecule has 1 aromatic carbocycles. The molecule has 20 heavy (non-hydrogen) atoms. The molecule has 5 heteroatoms. The molecule has 0 amide bonds. The van der Waals surface area contributed by atoms with Gasteiger partial charge in [0, 0.05) is 23.9 Å². The molecule has 0 atom stereocenters. The molecule has 2 rings (SSSR count). The quantitative estimate of drug-likeness (QED) is 0.442. The maximum absolute atomic E-state index is 11.2. The molecule has 0 N–H and O–H groups in total. The molecule has 0 unspecified atom stereocenters. The summed E-state index contributed by atoms with van der Waals surface area (Å²) in [6.45, 7) is 2.99. The Kier molecular flexibility index (Phi) is 4.87. The maximum Gasteiger partial charge on any atom is 0.305 e. The number of carbonyl (C=O) groups excluding carboxylic acids is 2. The average Bonchev–Trinajstić information content (AvgIpc) is 2.86. The highest BCUT2D eigenvalue weighted by Gasteiger charge is 2.05. The van der Waals surface area contributed by atoms with E-state index in [0.29, 0.717) is 18.6 Å². The molecule has 0 saturated heterocycles. The van der Waals surface area contributed by atoms with Crippen LogP contribution in [0.2, 0.25) is 0 Å². The van der Waals surface area contributed by atoms with Gasteiger partial charge >= 0.3 is 5.97 Å². The number of carbonyl (C=O) groups is 2. The monoisotopic (exact) mass is 274 g/mol. The third kappa shape index (κ3) is 3.44. The van der Waals surface area contributed by atoms with Crippen LogP contribution in [0.4, 0.5) is 0 Å². The molecular formula is C15H18N2O3. The fourth-order valence-corrected chi connectivity index (χ4v) is 2.12. The van der Waals surface area contributed by atoms with Crippen molar-refractivity contribution in [3.63, 3.8) is 0 Å². The molecule has 0 fully saturated rings. The number of hydrogen-bond acceptors (Lipinski definition) is 4. The van der Waals surface area contributed by atoms with Crippen molar-refractivity contribution in [2.24, 2.45) is 0 Å². The molecular weight excluding hydrogens is 256 g/mol. The minimum atomic E-state index is -0.145. The number of ether oxygens (including phenoxy) is 1. The third-order valence-corrected chi connectivity index (χ3v) is 3.11. The van der Waals surface area contributed by atoms with Gasteiger partial charge in [-0.2, -0.15) is 5.10 Å². The lowest BCUT2D eigenvalue weighted by Gasteiger charge is -2.04. The minimum Gasteiger partial charge on any atom is -0.466 e. The van der Waals surface area contributed by atoms with E-state index in [1.807, 2.05) is 16.8 Å². The summed E-state index contributed by atoms with van der Waals surface area (Å²) in [6, 6.07) is 5.51. The van der Waals surface area contributed by atoms with Crippen LogP contribution in [-0.4, -0.2) is 28.6 Å². The Hall–Kier alpha value is -2.17. The number of hydrogen-bond donors (Lipinski definition) is 0. The van der Waals surface area contributed by atoms with Crippen LogP contribution >= 0.6 is 0 Å². The highest BCUT2D eigenvalue weighted by molar-refractivity contribution is 5.86. The van der Waals surface area contributed by atoms with Crippen molar-refractivity contribution in [1.82, 2.24) is 9.78 Å². The lowest BCUT2D eigenvalue weighted by Crippen LogP contribution is -2.05. The number of rotatable bonds is 7. The zero-order chi connectivity index (χ0) is 14.4. The summed E-state index contributed by atoms with van der Waals surface area (Å²) in [5.41, 5.74) is 1.66. The number of aryl methyl sites for hydroxylation is 1. The molecule has 5 nitrogen and oxygen atoms in total. The molecule has 0 saturated carbocycles. The number of aromatic nitrogens is 2. The smallest absolute Gasteiger partial charge is 0.305 e. The van der Waals surface area contributed by atoms with Crippen LogP contribution < -0.4 is 0 Å². The Morgan fingerprint density at radius 1 is 1.40 bits per heavy atom. The van der Waals surface area contributed by atoms with Crippen molar-refractivity contribution < 1.29 is 14.3 Å². The second-order valence-corrected chi connectivity index (χ2v) is 4.57.